The van der Waals surface area contributed by atoms with E-state index in [1.54, 1.807) is 26.4 Å². The van der Waals surface area contributed by atoms with E-state index < -0.39 is 10.0 Å². The van der Waals surface area contributed by atoms with Gasteiger partial charge in [-0.1, -0.05) is 13.8 Å². The lowest BCUT2D eigenvalue weighted by atomic mass is 10.1. The molecule has 1 aromatic heterocycles. The minimum absolute atomic E-state index is 0.129. The number of pyridine rings is 1. The first-order chi connectivity index (χ1) is 8.92. The lowest BCUT2D eigenvalue weighted by molar-refractivity contribution is 0.157. The Bertz CT molecular complexity index is 503. The van der Waals surface area contributed by atoms with Crippen molar-refractivity contribution in [2.45, 2.75) is 24.8 Å². The minimum atomic E-state index is -3.62. The van der Waals surface area contributed by atoms with Crippen LogP contribution in [0, 0.1) is 5.92 Å². The molecule has 7 heteroatoms. The summed E-state index contributed by atoms with van der Waals surface area (Å²) in [6, 6.07) is 2.83. The fraction of sp³-hybridized carbons (Fsp3) is 0.583. The molecular weight excluding hydrogens is 266 g/mol. The Labute approximate surface area is 114 Å². The number of hydrogen-bond acceptors (Lipinski definition) is 5. The van der Waals surface area contributed by atoms with Crippen LogP contribution in [0.1, 0.15) is 13.8 Å². The molecule has 1 heterocycles. The second kappa shape index (κ2) is 6.83. The molecule has 0 aliphatic rings. The van der Waals surface area contributed by atoms with Gasteiger partial charge in [0, 0.05) is 26.4 Å². The first-order valence-corrected chi connectivity index (χ1v) is 7.54. The van der Waals surface area contributed by atoms with Crippen LogP contribution < -0.4 is 10.0 Å². The molecule has 0 aliphatic heterocycles. The fourth-order valence-corrected chi connectivity index (χ4v) is 3.13. The van der Waals surface area contributed by atoms with Crippen molar-refractivity contribution >= 4 is 15.8 Å². The summed E-state index contributed by atoms with van der Waals surface area (Å²) < 4.78 is 32.4. The Hall–Kier alpha value is -1.18. The predicted molar refractivity (Wildman–Crippen MR) is 74.6 cm³/mol. The first kappa shape index (κ1) is 15.9. The number of methoxy groups -OCH3 is 1. The van der Waals surface area contributed by atoms with Gasteiger partial charge in [-0.3, -0.25) is 0 Å². The molecule has 1 atom stereocenters. The van der Waals surface area contributed by atoms with E-state index in [-0.39, 0.29) is 16.9 Å². The van der Waals surface area contributed by atoms with Gasteiger partial charge in [0.15, 0.2) is 0 Å². The van der Waals surface area contributed by atoms with Crippen LogP contribution in [0.15, 0.2) is 23.2 Å². The van der Waals surface area contributed by atoms with Gasteiger partial charge in [-0.05, 0) is 18.1 Å². The zero-order valence-corrected chi connectivity index (χ0v) is 12.5. The lowest BCUT2D eigenvalue weighted by Crippen LogP contribution is -2.41. The van der Waals surface area contributed by atoms with E-state index in [4.69, 9.17) is 4.74 Å². The zero-order valence-electron chi connectivity index (χ0n) is 11.7. The van der Waals surface area contributed by atoms with Crippen molar-refractivity contribution < 1.29 is 13.2 Å². The number of nitrogens with zero attached hydrogens (tertiary/aromatic N) is 1. The highest BCUT2D eigenvalue weighted by atomic mass is 32.2. The van der Waals surface area contributed by atoms with Crippen LogP contribution in [0.2, 0.25) is 0 Å². The molecule has 1 unspecified atom stereocenters. The summed E-state index contributed by atoms with van der Waals surface area (Å²) in [5.41, 5.74) is 0. The lowest BCUT2D eigenvalue weighted by Gasteiger charge is -2.21. The SMILES string of the molecule is CNc1ncccc1S(=O)(=O)NC(COC)C(C)C. The smallest absolute Gasteiger partial charge is 0.244 e. The standard InChI is InChI=1S/C12H21N3O3S/c1-9(2)10(8-18-4)15-19(16,17)11-6-5-7-14-12(11)13-3/h5-7,9-10,15H,8H2,1-4H3,(H,13,14). The van der Waals surface area contributed by atoms with Gasteiger partial charge < -0.3 is 10.1 Å². The molecule has 108 valence electrons. The van der Waals surface area contributed by atoms with Gasteiger partial charge in [0.05, 0.1) is 6.61 Å². The van der Waals surface area contributed by atoms with E-state index in [2.05, 4.69) is 15.0 Å². The second-order valence-electron chi connectivity index (χ2n) is 4.53. The van der Waals surface area contributed by atoms with Gasteiger partial charge in [-0.25, -0.2) is 18.1 Å². The van der Waals surface area contributed by atoms with E-state index in [1.165, 1.54) is 6.07 Å². The molecule has 0 amide bonds. The molecule has 6 nitrogen and oxygen atoms in total. The summed E-state index contributed by atoms with van der Waals surface area (Å²) in [5.74, 6) is 0.458. The maximum atomic E-state index is 12.4. The highest BCUT2D eigenvalue weighted by Gasteiger charge is 2.24. The summed E-state index contributed by atoms with van der Waals surface area (Å²) in [6.07, 6.45) is 1.54. The van der Waals surface area contributed by atoms with Gasteiger partial charge in [0.2, 0.25) is 10.0 Å². The molecular formula is C12H21N3O3S. The van der Waals surface area contributed by atoms with Gasteiger partial charge in [-0.15, -0.1) is 0 Å². The third kappa shape index (κ3) is 4.15. The average Bonchev–Trinajstić information content (AvgIpc) is 2.38. The summed E-state index contributed by atoms with van der Waals surface area (Å²) in [7, 11) is -0.441. The monoisotopic (exact) mass is 287 g/mol. The van der Waals surface area contributed by atoms with Crippen molar-refractivity contribution in [3.8, 4) is 0 Å². The maximum absolute atomic E-state index is 12.4. The molecule has 19 heavy (non-hydrogen) atoms. The second-order valence-corrected chi connectivity index (χ2v) is 6.21. The molecule has 1 aromatic rings. The molecule has 0 spiro atoms. The summed E-state index contributed by atoms with van der Waals surface area (Å²) in [6.45, 7) is 4.20. The van der Waals surface area contributed by atoms with Gasteiger partial charge in [0.25, 0.3) is 0 Å². The highest BCUT2D eigenvalue weighted by molar-refractivity contribution is 7.89. The van der Waals surface area contributed by atoms with Crippen molar-refractivity contribution in [1.82, 2.24) is 9.71 Å². The molecule has 0 fully saturated rings. The largest absolute Gasteiger partial charge is 0.383 e. The predicted octanol–water partition coefficient (Wildman–Crippen LogP) is 1.07. The number of rotatable bonds is 7. The number of anilines is 1. The molecule has 0 saturated heterocycles. The topological polar surface area (TPSA) is 80.3 Å². The number of aromatic nitrogens is 1. The summed E-state index contributed by atoms with van der Waals surface area (Å²) in [5, 5.41) is 2.77. The van der Waals surface area contributed by atoms with E-state index in [1.807, 2.05) is 13.8 Å². The van der Waals surface area contributed by atoms with Crippen molar-refractivity contribution in [1.29, 1.82) is 0 Å². The van der Waals surface area contributed by atoms with E-state index in [0.29, 0.717) is 12.4 Å². The molecule has 2 N–H and O–H groups in total. The van der Waals surface area contributed by atoms with Crippen molar-refractivity contribution in [3.05, 3.63) is 18.3 Å². The number of nitrogens with one attached hydrogen (secondary N) is 2. The quantitative estimate of drug-likeness (QED) is 0.784. The van der Waals surface area contributed by atoms with Gasteiger partial charge >= 0.3 is 0 Å². The highest BCUT2D eigenvalue weighted by Crippen LogP contribution is 2.18. The number of ether oxygens (including phenoxy) is 1. The maximum Gasteiger partial charge on any atom is 0.244 e. The molecule has 0 saturated carbocycles. The van der Waals surface area contributed by atoms with Crippen LogP contribution in [0.5, 0.6) is 0 Å². The van der Waals surface area contributed by atoms with Crippen molar-refractivity contribution in [3.63, 3.8) is 0 Å². The van der Waals surface area contributed by atoms with E-state index >= 15 is 0 Å². The normalized spacial score (nSPS) is 13.5. The Balaban J connectivity index is 3.03. The molecule has 0 bridgehead atoms. The van der Waals surface area contributed by atoms with E-state index in [0.717, 1.165) is 0 Å². The Morgan fingerprint density at radius 3 is 2.63 bits per heavy atom. The first-order valence-electron chi connectivity index (χ1n) is 6.06. The fourth-order valence-electron chi connectivity index (χ4n) is 1.60. The number of hydrogen-bond donors (Lipinski definition) is 2. The van der Waals surface area contributed by atoms with Crippen LogP contribution in [0.3, 0.4) is 0 Å². The van der Waals surface area contributed by atoms with Crippen LogP contribution >= 0.6 is 0 Å². The van der Waals surface area contributed by atoms with Gasteiger partial charge in [0.1, 0.15) is 10.7 Å². The van der Waals surface area contributed by atoms with E-state index in [9.17, 15) is 8.42 Å². The third-order valence-corrected chi connectivity index (χ3v) is 4.28. The van der Waals surface area contributed by atoms with Crippen molar-refractivity contribution in [2.24, 2.45) is 5.92 Å². The summed E-state index contributed by atoms with van der Waals surface area (Å²) >= 11 is 0. The van der Waals surface area contributed by atoms with Gasteiger partial charge in [-0.2, -0.15) is 0 Å². The van der Waals surface area contributed by atoms with Crippen LogP contribution in [0.4, 0.5) is 5.82 Å². The Morgan fingerprint density at radius 1 is 1.42 bits per heavy atom. The zero-order chi connectivity index (χ0) is 14.5. The molecule has 0 aliphatic carbocycles. The molecule has 0 aromatic carbocycles. The van der Waals surface area contributed by atoms with Crippen LogP contribution in [-0.2, 0) is 14.8 Å². The Morgan fingerprint density at radius 2 is 2.11 bits per heavy atom. The molecule has 1 rings (SSSR count). The average molecular weight is 287 g/mol. The minimum Gasteiger partial charge on any atom is -0.383 e. The molecule has 0 radical (unpaired) electrons. The van der Waals surface area contributed by atoms with Crippen molar-refractivity contribution in [2.75, 3.05) is 26.1 Å². The Kier molecular flexibility index (Phi) is 5.71. The number of sulfonamides is 1. The summed E-state index contributed by atoms with van der Waals surface area (Å²) in [4.78, 5) is 4.14. The third-order valence-electron chi connectivity index (χ3n) is 2.75. The van der Waals surface area contributed by atoms with Crippen LogP contribution in [-0.4, -0.2) is 40.2 Å². The van der Waals surface area contributed by atoms with Crippen LogP contribution in [0.25, 0.3) is 0 Å².